The van der Waals surface area contributed by atoms with Crippen molar-refractivity contribution in [2.45, 2.75) is 19.1 Å². The number of carbonyl (C=O) groups is 2. The normalized spacial score (nSPS) is 12.3. The largest absolute Gasteiger partial charge is 0.459 e. The van der Waals surface area contributed by atoms with Crippen LogP contribution in [0.3, 0.4) is 0 Å². The van der Waals surface area contributed by atoms with Gasteiger partial charge in [-0.2, -0.15) is 13.2 Å². The molecule has 2 amide bonds. The number of hydrogen-bond donors (Lipinski definition) is 3. The fraction of sp³-hybridized carbons (Fsp3) is 0.200. The second-order valence-corrected chi connectivity index (χ2v) is 4.83. The molecule has 1 heterocycles. The molecule has 0 saturated heterocycles. The molecule has 0 saturated carbocycles. The van der Waals surface area contributed by atoms with Gasteiger partial charge in [0.25, 0.3) is 11.8 Å². The molecule has 0 aliphatic carbocycles. The molecule has 0 aliphatic heterocycles. The van der Waals surface area contributed by atoms with Crippen molar-refractivity contribution in [2.24, 2.45) is 0 Å². The van der Waals surface area contributed by atoms with E-state index in [-0.39, 0.29) is 11.4 Å². The zero-order valence-electron chi connectivity index (χ0n) is 12.5. The highest BCUT2D eigenvalue weighted by molar-refractivity contribution is 5.95. The summed E-state index contributed by atoms with van der Waals surface area (Å²) in [5, 5.41) is 2.36. The number of rotatable bonds is 5. The molecular formula is C15H14F3N3O3. The Morgan fingerprint density at radius 1 is 1.12 bits per heavy atom. The number of benzene rings is 1. The molecule has 24 heavy (non-hydrogen) atoms. The number of furan rings is 1. The van der Waals surface area contributed by atoms with Crippen molar-refractivity contribution in [1.82, 2.24) is 10.7 Å². The first kappa shape index (κ1) is 17.4. The molecule has 0 fully saturated rings. The number of amides is 2. The van der Waals surface area contributed by atoms with Crippen molar-refractivity contribution in [2.75, 3.05) is 5.43 Å². The Hall–Kier alpha value is -2.97. The zero-order chi connectivity index (χ0) is 17.7. The average Bonchev–Trinajstić information content (AvgIpc) is 3.06. The second kappa shape index (κ2) is 7.07. The lowest BCUT2D eigenvalue weighted by Crippen LogP contribution is -2.46. The Kier molecular flexibility index (Phi) is 5.12. The van der Waals surface area contributed by atoms with Gasteiger partial charge in [0.2, 0.25) is 0 Å². The van der Waals surface area contributed by atoms with Gasteiger partial charge in [-0.15, -0.1) is 0 Å². The molecule has 2 aromatic rings. The van der Waals surface area contributed by atoms with Gasteiger partial charge < -0.3 is 9.73 Å². The zero-order valence-corrected chi connectivity index (χ0v) is 12.5. The maximum absolute atomic E-state index is 12.8. The van der Waals surface area contributed by atoms with Crippen LogP contribution in [0.15, 0.2) is 47.1 Å². The van der Waals surface area contributed by atoms with Gasteiger partial charge in [-0.25, -0.2) is 0 Å². The molecular weight excluding hydrogens is 327 g/mol. The summed E-state index contributed by atoms with van der Waals surface area (Å²) >= 11 is 0. The third-order valence-electron chi connectivity index (χ3n) is 3.04. The molecule has 0 bridgehead atoms. The van der Waals surface area contributed by atoms with Crippen LogP contribution in [0.25, 0.3) is 0 Å². The first-order valence-electron chi connectivity index (χ1n) is 6.85. The van der Waals surface area contributed by atoms with Gasteiger partial charge in [-0.05, 0) is 31.2 Å². The molecule has 1 unspecified atom stereocenters. The first-order valence-corrected chi connectivity index (χ1v) is 6.85. The van der Waals surface area contributed by atoms with Crippen LogP contribution in [0.1, 0.15) is 23.0 Å². The fourth-order valence-electron chi connectivity index (χ4n) is 1.82. The van der Waals surface area contributed by atoms with E-state index < -0.39 is 29.6 Å². The minimum Gasteiger partial charge on any atom is -0.459 e. The molecule has 0 spiro atoms. The monoisotopic (exact) mass is 341 g/mol. The molecule has 3 N–H and O–H groups in total. The number of halogens is 3. The summed E-state index contributed by atoms with van der Waals surface area (Å²) in [7, 11) is 0. The number of hydrazine groups is 1. The van der Waals surface area contributed by atoms with Crippen molar-refractivity contribution in [1.29, 1.82) is 0 Å². The summed E-state index contributed by atoms with van der Waals surface area (Å²) < 4.78 is 43.4. The summed E-state index contributed by atoms with van der Waals surface area (Å²) in [5.74, 6) is -1.31. The molecule has 128 valence electrons. The summed E-state index contributed by atoms with van der Waals surface area (Å²) in [4.78, 5) is 23.6. The van der Waals surface area contributed by atoms with Crippen molar-refractivity contribution in [3.63, 3.8) is 0 Å². The minimum absolute atomic E-state index is 0.0185. The number of para-hydroxylation sites is 1. The predicted octanol–water partition coefficient (Wildman–Crippen LogP) is 2.56. The van der Waals surface area contributed by atoms with Crippen molar-refractivity contribution < 1.29 is 27.2 Å². The van der Waals surface area contributed by atoms with Gasteiger partial charge in [-0.3, -0.25) is 20.4 Å². The van der Waals surface area contributed by atoms with Crippen LogP contribution in [-0.2, 0) is 11.0 Å². The van der Waals surface area contributed by atoms with E-state index in [1.807, 2.05) is 0 Å². The van der Waals surface area contributed by atoms with Crippen LogP contribution in [0.5, 0.6) is 0 Å². The lowest BCUT2D eigenvalue weighted by atomic mass is 10.2. The van der Waals surface area contributed by atoms with E-state index in [9.17, 15) is 22.8 Å². The van der Waals surface area contributed by atoms with E-state index in [1.54, 1.807) is 0 Å². The fourth-order valence-corrected chi connectivity index (χ4v) is 1.82. The maximum atomic E-state index is 12.8. The molecule has 1 aromatic carbocycles. The van der Waals surface area contributed by atoms with Gasteiger partial charge in [0, 0.05) is 0 Å². The standard InChI is InChI=1S/C15H14F3N3O3/c1-9(19-14(23)12-7-4-8-24-12)13(22)21-20-11-6-3-2-5-10(11)15(16,17)18/h2-9,20H,1H3,(H,19,23)(H,21,22). The Labute approximate surface area is 135 Å². The van der Waals surface area contributed by atoms with Crippen LogP contribution in [0.2, 0.25) is 0 Å². The highest BCUT2D eigenvalue weighted by Crippen LogP contribution is 2.34. The van der Waals surface area contributed by atoms with Crippen molar-refractivity contribution >= 4 is 17.5 Å². The average molecular weight is 341 g/mol. The molecule has 2 rings (SSSR count). The summed E-state index contributed by atoms with van der Waals surface area (Å²) in [6.07, 6.45) is -3.26. The topological polar surface area (TPSA) is 83.4 Å². The summed E-state index contributed by atoms with van der Waals surface area (Å²) in [5.41, 5.74) is 3.12. The van der Waals surface area contributed by atoms with Crippen LogP contribution >= 0.6 is 0 Å². The van der Waals surface area contributed by atoms with Crippen molar-refractivity contribution in [3.05, 3.63) is 54.0 Å². The Morgan fingerprint density at radius 2 is 1.83 bits per heavy atom. The van der Waals surface area contributed by atoms with E-state index in [0.29, 0.717) is 0 Å². The summed E-state index contributed by atoms with van der Waals surface area (Å²) in [6, 6.07) is 6.63. The van der Waals surface area contributed by atoms with Gasteiger partial charge in [0.05, 0.1) is 17.5 Å². The second-order valence-electron chi connectivity index (χ2n) is 4.83. The van der Waals surface area contributed by atoms with E-state index in [4.69, 9.17) is 4.42 Å². The molecule has 0 radical (unpaired) electrons. The van der Waals surface area contributed by atoms with Gasteiger partial charge >= 0.3 is 6.18 Å². The van der Waals surface area contributed by atoms with Crippen LogP contribution in [0, 0.1) is 0 Å². The molecule has 1 aromatic heterocycles. The SMILES string of the molecule is CC(NC(=O)c1ccco1)C(=O)NNc1ccccc1C(F)(F)F. The first-order chi connectivity index (χ1) is 11.3. The lowest BCUT2D eigenvalue weighted by molar-refractivity contribution is -0.137. The quantitative estimate of drug-likeness (QED) is 0.730. The highest BCUT2D eigenvalue weighted by atomic mass is 19.4. The number of alkyl halides is 3. The van der Waals surface area contributed by atoms with Gasteiger partial charge in [-0.1, -0.05) is 12.1 Å². The van der Waals surface area contributed by atoms with Crippen molar-refractivity contribution in [3.8, 4) is 0 Å². The highest BCUT2D eigenvalue weighted by Gasteiger charge is 2.33. The molecule has 9 heteroatoms. The molecule has 0 aliphatic rings. The van der Waals surface area contributed by atoms with Gasteiger partial charge in [0.15, 0.2) is 5.76 Å². The van der Waals surface area contributed by atoms with E-state index in [0.717, 1.165) is 6.07 Å². The Bertz CT molecular complexity index is 714. The predicted molar refractivity (Wildman–Crippen MR) is 78.8 cm³/mol. The summed E-state index contributed by atoms with van der Waals surface area (Å²) in [6.45, 7) is 1.38. The van der Waals surface area contributed by atoms with E-state index in [2.05, 4.69) is 16.2 Å². The third kappa shape index (κ3) is 4.28. The Morgan fingerprint density at radius 3 is 2.46 bits per heavy atom. The number of anilines is 1. The van der Waals surface area contributed by atoms with Crippen LogP contribution in [-0.4, -0.2) is 17.9 Å². The minimum atomic E-state index is -4.56. The van der Waals surface area contributed by atoms with E-state index >= 15 is 0 Å². The van der Waals surface area contributed by atoms with Crippen LogP contribution in [0.4, 0.5) is 18.9 Å². The Balaban J connectivity index is 1.95. The van der Waals surface area contributed by atoms with E-state index in [1.165, 1.54) is 43.5 Å². The molecule has 1 atom stereocenters. The number of hydrogen-bond acceptors (Lipinski definition) is 4. The maximum Gasteiger partial charge on any atom is 0.418 e. The number of nitrogens with one attached hydrogen (secondary N) is 3. The van der Waals surface area contributed by atoms with Crippen LogP contribution < -0.4 is 16.2 Å². The third-order valence-corrected chi connectivity index (χ3v) is 3.04. The molecule has 6 nitrogen and oxygen atoms in total. The smallest absolute Gasteiger partial charge is 0.418 e. The number of carbonyl (C=O) groups excluding carboxylic acids is 2. The van der Waals surface area contributed by atoms with Gasteiger partial charge in [0.1, 0.15) is 6.04 Å². The lowest BCUT2D eigenvalue weighted by Gasteiger charge is -2.17.